The lowest BCUT2D eigenvalue weighted by Gasteiger charge is -2.18. The number of esters is 1. The molecule has 0 N–H and O–H groups in total. The average molecular weight is 280 g/mol. The zero-order valence-corrected chi connectivity index (χ0v) is 11.8. The molecule has 1 fully saturated rings. The minimum Gasteiger partial charge on any atom is -0.497 e. The zero-order chi connectivity index (χ0) is 14.8. The summed E-state index contributed by atoms with van der Waals surface area (Å²) in [4.78, 5) is 11.9. The third-order valence-electron chi connectivity index (χ3n) is 3.78. The van der Waals surface area contributed by atoms with E-state index in [0.717, 1.165) is 16.9 Å². The molecule has 0 aromatic heterocycles. The third kappa shape index (κ3) is 2.42. The van der Waals surface area contributed by atoms with Crippen molar-refractivity contribution in [1.29, 1.82) is 0 Å². The molecular weight excluding hydrogens is 264 g/mol. The van der Waals surface area contributed by atoms with Crippen LogP contribution < -0.4 is 4.74 Å². The maximum absolute atomic E-state index is 11.9. The molecule has 0 saturated carbocycles. The van der Waals surface area contributed by atoms with Gasteiger partial charge in [-0.05, 0) is 23.3 Å². The van der Waals surface area contributed by atoms with Crippen LogP contribution in [0.3, 0.4) is 0 Å². The van der Waals surface area contributed by atoms with Crippen molar-refractivity contribution in [3.8, 4) is 5.75 Å². The van der Waals surface area contributed by atoms with Gasteiger partial charge < -0.3 is 9.47 Å². The summed E-state index contributed by atoms with van der Waals surface area (Å²) in [6.45, 7) is 3.91. The number of carbonyl (C=O) groups excluding carboxylic acids is 1. The van der Waals surface area contributed by atoms with Crippen molar-refractivity contribution in [3.63, 3.8) is 0 Å². The summed E-state index contributed by atoms with van der Waals surface area (Å²) in [5, 5.41) is 0. The van der Waals surface area contributed by atoms with Gasteiger partial charge >= 0.3 is 5.97 Å². The van der Waals surface area contributed by atoms with Crippen LogP contribution in [0.25, 0.3) is 0 Å². The van der Waals surface area contributed by atoms with Gasteiger partial charge in [0, 0.05) is 5.57 Å². The van der Waals surface area contributed by atoms with E-state index in [1.807, 2.05) is 54.6 Å². The number of methoxy groups -OCH3 is 1. The Morgan fingerprint density at radius 1 is 1.00 bits per heavy atom. The van der Waals surface area contributed by atoms with Crippen molar-refractivity contribution in [2.75, 3.05) is 7.11 Å². The fourth-order valence-electron chi connectivity index (χ4n) is 2.66. The van der Waals surface area contributed by atoms with Crippen LogP contribution in [0.4, 0.5) is 0 Å². The first-order valence-electron chi connectivity index (χ1n) is 6.79. The molecule has 3 heteroatoms. The number of rotatable bonds is 3. The van der Waals surface area contributed by atoms with E-state index in [9.17, 15) is 4.79 Å². The monoisotopic (exact) mass is 280 g/mol. The molecule has 1 aliphatic rings. The standard InChI is InChI=1S/C18H16O3/c1-12-16(13-8-10-15(20-2)11-9-13)17(21-18(12)19)14-6-4-3-5-7-14/h3-11,16-17H,1H2,2H3/t16-,17+/m0/s1. The van der Waals surface area contributed by atoms with Gasteiger partial charge in [0.05, 0.1) is 13.0 Å². The molecule has 1 saturated heterocycles. The number of carbonyl (C=O) groups is 1. The molecule has 1 aliphatic heterocycles. The predicted molar refractivity (Wildman–Crippen MR) is 80.2 cm³/mol. The van der Waals surface area contributed by atoms with Gasteiger partial charge in [-0.1, -0.05) is 49.0 Å². The van der Waals surface area contributed by atoms with Crippen molar-refractivity contribution in [1.82, 2.24) is 0 Å². The molecule has 0 bridgehead atoms. The van der Waals surface area contributed by atoms with Gasteiger partial charge in [-0.25, -0.2) is 4.79 Å². The largest absolute Gasteiger partial charge is 0.497 e. The normalized spacial score (nSPS) is 21.2. The minimum absolute atomic E-state index is 0.161. The van der Waals surface area contributed by atoms with E-state index < -0.39 is 0 Å². The molecule has 2 aromatic rings. The minimum atomic E-state index is -0.329. The maximum atomic E-state index is 11.9. The smallest absolute Gasteiger partial charge is 0.334 e. The maximum Gasteiger partial charge on any atom is 0.334 e. The molecule has 0 radical (unpaired) electrons. The summed E-state index contributed by atoms with van der Waals surface area (Å²) < 4.78 is 10.7. The van der Waals surface area contributed by atoms with Gasteiger partial charge in [-0.15, -0.1) is 0 Å². The predicted octanol–water partition coefficient (Wildman–Crippen LogP) is 3.63. The molecule has 2 aromatic carbocycles. The van der Waals surface area contributed by atoms with Gasteiger partial charge in [0.25, 0.3) is 0 Å². The Bertz CT molecular complexity index is 659. The summed E-state index contributed by atoms with van der Waals surface area (Å²) in [5.41, 5.74) is 2.47. The molecule has 0 unspecified atom stereocenters. The van der Waals surface area contributed by atoms with Crippen LogP contribution in [-0.2, 0) is 9.53 Å². The summed E-state index contributed by atoms with van der Waals surface area (Å²) in [7, 11) is 1.63. The van der Waals surface area contributed by atoms with E-state index in [1.54, 1.807) is 7.11 Å². The van der Waals surface area contributed by atoms with E-state index in [1.165, 1.54) is 0 Å². The Labute approximate surface area is 123 Å². The molecule has 0 amide bonds. The third-order valence-corrected chi connectivity index (χ3v) is 3.78. The van der Waals surface area contributed by atoms with Crippen LogP contribution in [0.2, 0.25) is 0 Å². The first-order valence-corrected chi connectivity index (χ1v) is 6.79. The molecule has 106 valence electrons. The Hall–Kier alpha value is -2.55. The Morgan fingerprint density at radius 3 is 2.29 bits per heavy atom. The van der Waals surface area contributed by atoms with Crippen LogP contribution in [0.1, 0.15) is 23.1 Å². The summed E-state index contributed by atoms with van der Waals surface area (Å²) >= 11 is 0. The first-order chi connectivity index (χ1) is 10.2. The van der Waals surface area contributed by atoms with Crippen LogP contribution in [0.15, 0.2) is 66.7 Å². The molecule has 3 rings (SSSR count). The van der Waals surface area contributed by atoms with Gasteiger partial charge in [0.15, 0.2) is 0 Å². The van der Waals surface area contributed by atoms with Crippen molar-refractivity contribution >= 4 is 5.97 Å². The highest BCUT2D eigenvalue weighted by molar-refractivity contribution is 5.92. The molecule has 21 heavy (non-hydrogen) atoms. The number of hydrogen-bond acceptors (Lipinski definition) is 3. The van der Waals surface area contributed by atoms with E-state index in [0.29, 0.717) is 5.57 Å². The van der Waals surface area contributed by atoms with Gasteiger partial charge in [-0.3, -0.25) is 0 Å². The van der Waals surface area contributed by atoms with Crippen LogP contribution in [0, 0.1) is 0 Å². The lowest BCUT2D eigenvalue weighted by atomic mass is 9.86. The molecular formula is C18H16O3. The molecule has 0 spiro atoms. The quantitative estimate of drug-likeness (QED) is 0.636. The molecule has 0 aliphatic carbocycles. The zero-order valence-electron chi connectivity index (χ0n) is 11.8. The van der Waals surface area contributed by atoms with Crippen molar-refractivity contribution in [2.24, 2.45) is 0 Å². The Morgan fingerprint density at radius 2 is 1.67 bits per heavy atom. The fraction of sp³-hybridized carbons (Fsp3) is 0.167. The number of benzene rings is 2. The molecule has 3 nitrogen and oxygen atoms in total. The second-order valence-electron chi connectivity index (χ2n) is 5.01. The number of hydrogen-bond donors (Lipinski definition) is 0. The highest BCUT2D eigenvalue weighted by atomic mass is 16.6. The lowest BCUT2D eigenvalue weighted by molar-refractivity contribution is -0.139. The Balaban J connectivity index is 1.99. The van der Waals surface area contributed by atoms with Crippen LogP contribution in [-0.4, -0.2) is 13.1 Å². The molecule has 2 atom stereocenters. The fourth-order valence-corrected chi connectivity index (χ4v) is 2.66. The second kappa shape index (κ2) is 5.44. The highest BCUT2D eigenvalue weighted by Crippen LogP contribution is 2.45. The van der Waals surface area contributed by atoms with E-state index in [4.69, 9.17) is 9.47 Å². The van der Waals surface area contributed by atoms with Crippen LogP contribution >= 0.6 is 0 Å². The van der Waals surface area contributed by atoms with Crippen LogP contribution in [0.5, 0.6) is 5.75 Å². The second-order valence-corrected chi connectivity index (χ2v) is 5.01. The van der Waals surface area contributed by atoms with Crippen molar-refractivity contribution < 1.29 is 14.3 Å². The lowest BCUT2D eigenvalue weighted by Crippen LogP contribution is -2.07. The first kappa shape index (κ1) is 13.4. The summed E-state index contributed by atoms with van der Waals surface area (Å²) in [5.74, 6) is 0.293. The topological polar surface area (TPSA) is 35.5 Å². The van der Waals surface area contributed by atoms with Crippen molar-refractivity contribution in [2.45, 2.75) is 12.0 Å². The van der Waals surface area contributed by atoms with E-state index in [-0.39, 0.29) is 18.0 Å². The molecule has 1 heterocycles. The summed E-state index contributed by atoms with van der Waals surface area (Å²) in [6.07, 6.45) is -0.320. The van der Waals surface area contributed by atoms with Gasteiger partial charge in [0.2, 0.25) is 0 Å². The van der Waals surface area contributed by atoms with Gasteiger partial charge in [0.1, 0.15) is 11.9 Å². The average Bonchev–Trinajstić information content (AvgIpc) is 2.84. The Kier molecular flexibility index (Phi) is 3.48. The SMILES string of the molecule is C=C1C(=O)O[C@H](c2ccccc2)[C@@H]1c1ccc(OC)cc1. The van der Waals surface area contributed by atoms with Gasteiger partial charge in [-0.2, -0.15) is 0 Å². The number of cyclic esters (lactones) is 1. The highest BCUT2D eigenvalue weighted by Gasteiger charge is 2.40. The van der Waals surface area contributed by atoms with E-state index >= 15 is 0 Å². The van der Waals surface area contributed by atoms with E-state index in [2.05, 4.69) is 6.58 Å². The van der Waals surface area contributed by atoms with Crippen molar-refractivity contribution in [3.05, 3.63) is 77.9 Å². The number of ether oxygens (including phenoxy) is 2. The summed E-state index contributed by atoms with van der Waals surface area (Å²) in [6, 6.07) is 17.4.